The van der Waals surface area contributed by atoms with Crippen LogP contribution >= 0.6 is 0 Å². The Morgan fingerprint density at radius 1 is 1.13 bits per heavy atom. The van der Waals surface area contributed by atoms with E-state index < -0.39 is 0 Å². The molecule has 0 N–H and O–H groups in total. The summed E-state index contributed by atoms with van der Waals surface area (Å²) in [6, 6.07) is 2.17. The van der Waals surface area contributed by atoms with E-state index in [1.807, 2.05) is 19.4 Å². The second-order valence-electron chi connectivity index (χ2n) is 3.92. The smallest absolute Gasteiger partial charge is 0.174 e. The van der Waals surface area contributed by atoms with Crippen molar-refractivity contribution in [3.8, 4) is 0 Å². The van der Waals surface area contributed by atoms with Gasteiger partial charge in [-0.2, -0.15) is 5.10 Å². The molecule has 4 nitrogen and oxygen atoms in total. The number of aryl methyl sites for hydroxylation is 3. The van der Waals surface area contributed by atoms with Gasteiger partial charge in [0.2, 0.25) is 0 Å². The minimum absolute atomic E-state index is 0.918. The van der Waals surface area contributed by atoms with Crippen LogP contribution in [0, 0.1) is 13.8 Å². The third-order valence-electron chi connectivity index (χ3n) is 2.86. The topological polar surface area (TPSA) is 35.1 Å². The SMILES string of the molecule is Cc1cc(C)n2c1cnc1c2cnn1C. The fourth-order valence-electron chi connectivity index (χ4n) is 2.15. The minimum atomic E-state index is 0.918. The van der Waals surface area contributed by atoms with Gasteiger partial charge in [0.15, 0.2) is 5.65 Å². The number of fused-ring (bicyclic) bond motifs is 3. The van der Waals surface area contributed by atoms with Crippen molar-refractivity contribution >= 4 is 16.7 Å². The molecule has 0 fully saturated rings. The lowest BCUT2D eigenvalue weighted by molar-refractivity contribution is 0.786. The second-order valence-corrected chi connectivity index (χ2v) is 3.92. The first-order chi connectivity index (χ1) is 7.18. The third kappa shape index (κ3) is 0.960. The van der Waals surface area contributed by atoms with Gasteiger partial charge in [0.1, 0.15) is 5.52 Å². The predicted octanol–water partition coefficient (Wildman–Crippen LogP) is 1.84. The van der Waals surface area contributed by atoms with Crippen molar-refractivity contribution < 1.29 is 0 Å². The number of aromatic nitrogens is 4. The molecule has 0 aliphatic carbocycles. The molecule has 0 bridgehead atoms. The van der Waals surface area contributed by atoms with Crippen LogP contribution < -0.4 is 0 Å². The number of nitrogens with zero attached hydrogens (tertiary/aromatic N) is 4. The van der Waals surface area contributed by atoms with E-state index in [0.29, 0.717) is 0 Å². The van der Waals surface area contributed by atoms with Gasteiger partial charge in [-0.1, -0.05) is 0 Å². The van der Waals surface area contributed by atoms with E-state index >= 15 is 0 Å². The van der Waals surface area contributed by atoms with Crippen molar-refractivity contribution in [1.82, 2.24) is 19.2 Å². The summed E-state index contributed by atoms with van der Waals surface area (Å²) in [4.78, 5) is 4.42. The molecule has 15 heavy (non-hydrogen) atoms. The first-order valence-electron chi connectivity index (χ1n) is 4.94. The zero-order chi connectivity index (χ0) is 10.6. The average molecular weight is 200 g/mol. The highest BCUT2D eigenvalue weighted by Crippen LogP contribution is 2.20. The van der Waals surface area contributed by atoms with Gasteiger partial charge in [0.25, 0.3) is 0 Å². The maximum Gasteiger partial charge on any atom is 0.174 e. The van der Waals surface area contributed by atoms with Gasteiger partial charge >= 0.3 is 0 Å². The zero-order valence-corrected chi connectivity index (χ0v) is 9.02. The lowest BCUT2D eigenvalue weighted by Gasteiger charge is -2.00. The molecule has 0 unspecified atom stereocenters. The fourth-order valence-corrected chi connectivity index (χ4v) is 2.15. The molecule has 4 heteroatoms. The molecule has 0 saturated heterocycles. The molecule has 3 aromatic heterocycles. The Morgan fingerprint density at radius 3 is 2.73 bits per heavy atom. The predicted molar refractivity (Wildman–Crippen MR) is 58.9 cm³/mol. The molecule has 0 radical (unpaired) electrons. The normalized spacial score (nSPS) is 11.7. The third-order valence-corrected chi connectivity index (χ3v) is 2.86. The lowest BCUT2D eigenvalue weighted by Crippen LogP contribution is -1.95. The molecule has 76 valence electrons. The van der Waals surface area contributed by atoms with Gasteiger partial charge in [0, 0.05) is 12.7 Å². The van der Waals surface area contributed by atoms with Gasteiger partial charge in [0.05, 0.1) is 17.9 Å². The molecular weight excluding hydrogens is 188 g/mol. The van der Waals surface area contributed by atoms with Crippen LogP contribution in [-0.4, -0.2) is 19.2 Å². The van der Waals surface area contributed by atoms with Gasteiger partial charge in [-0.3, -0.25) is 0 Å². The van der Waals surface area contributed by atoms with Gasteiger partial charge in [-0.25, -0.2) is 9.67 Å². The highest BCUT2D eigenvalue weighted by Gasteiger charge is 2.09. The largest absolute Gasteiger partial charge is 0.308 e. The summed E-state index contributed by atoms with van der Waals surface area (Å²) in [6.45, 7) is 4.21. The summed E-state index contributed by atoms with van der Waals surface area (Å²) in [6.07, 6.45) is 3.77. The van der Waals surface area contributed by atoms with Gasteiger partial charge in [-0.05, 0) is 25.5 Å². The van der Waals surface area contributed by atoms with Crippen molar-refractivity contribution in [2.75, 3.05) is 0 Å². The van der Waals surface area contributed by atoms with Crippen LogP contribution in [0.25, 0.3) is 16.7 Å². The van der Waals surface area contributed by atoms with Crippen LogP contribution in [0.1, 0.15) is 11.3 Å². The Bertz CT molecular complexity index is 660. The molecule has 0 spiro atoms. The first kappa shape index (κ1) is 8.47. The Morgan fingerprint density at radius 2 is 1.93 bits per heavy atom. The minimum Gasteiger partial charge on any atom is -0.308 e. The van der Waals surface area contributed by atoms with Crippen LogP contribution in [0.5, 0.6) is 0 Å². The molecular formula is C11H12N4. The number of rotatable bonds is 0. The Hall–Kier alpha value is -1.84. The van der Waals surface area contributed by atoms with E-state index in [0.717, 1.165) is 16.7 Å². The zero-order valence-electron chi connectivity index (χ0n) is 9.02. The molecule has 3 heterocycles. The Balaban J connectivity index is 2.64. The van der Waals surface area contributed by atoms with Gasteiger partial charge < -0.3 is 4.40 Å². The van der Waals surface area contributed by atoms with E-state index in [2.05, 4.69) is 34.4 Å². The van der Waals surface area contributed by atoms with E-state index in [1.165, 1.54) is 11.3 Å². The van der Waals surface area contributed by atoms with E-state index in [-0.39, 0.29) is 0 Å². The Kier molecular flexibility index (Phi) is 1.46. The van der Waals surface area contributed by atoms with Crippen LogP contribution in [0.3, 0.4) is 0 Å². The molecule has 0 atom stereocenters. The molecule has 3 aromatic rings. The standard InChI is InChI=1S/C11H12N4/c1-7-4-8(2)15-9(7)5-12-11-10(15)6-13-14(11)3/h4-6H,1-3H3. The molecule has 0 saturated carbocycles. The monoisotopic (exact) mass is 200 g/mol. The lowest BCUT2D eigenvalue weighted by atomic mass is 10.3. The summed E-state index contributed by atoms with van der Waals surface area (Å²) in [5.41, 5.74) is 5.63. The van der Waals surface area contributed by atoms with Gasteiger partial charge in [-0.15, -0.1) is 0 Å². The summed E-state index contributed by atoms with van der Waals surface area (Å²) in [5.74, 6) is 0. The fraction of sp³-hybridized carbons (Fsp3) is 0.273. The van der Waals surface area contributed by atoms with E-state index in [4.69, 9.17) is 0 Å². The van der Waals surface area contributed by atoms with E-state index in [9.17, 15) is 0 Å². The highest BCUT2D eigenvalue weighted by molar-refractivity contribution is 5.76. The molecule has 0 aliphatic heterocycles. The second kappa shape index (κ2) is 2.59. The highest BCUT2D eigenvalue weighted by atomic mass is 15.3. The summed E-state index contributed by atoms with van der Waals surface area (Å²) >= 11 is 0. The number of hydrogen-bond acceptors (Lipinski definition) is 2. The van der Waals surface area contributed by atoms with Crippen molar-refractivity contribution in [3.63, 3.8) is 0 Å². The van der Waals surface area contributed by atoms with Crippen LogP contribution in [0.4, 0.5) is 0 Å². The molecule has 3 rings (SSSR count). The quantitative estimate of drug-likeness (QED) is 0.555. The van der Waals surface area contributed by atoms with Crippen molar-refractivity contribution in [1.29, 1.82) is 0 Å². The molecule has 0 amide bonds. The van der Waals surface area contributed by atoms with Crippen molar-refractivity contribution in [2.24, 2.45) is 7.05 Å². The Labute approximate surface area is 87.2 Å². The maximum atomic E-state index is 4.42. The molecule has 0 aliphatic rings. The molecule has 0 aromatic carbocycles. The summed E-state index contributed by atoms with van der Waals surface area (Å²) < 4.78 is 3.99. The van der Waals surface area contributed by atoms with Crippen molar-refractivity contribution in [3.05, 3.63) is 29.7 Å². The van der Waals surface area contributed by atoms with Crippen LogP contribution in [0.2, 0.25) is 0 Å². The van der Waals surface area contributed by atoms with Crippen LogP contribution in [-0.2, 0) is 7.05 Å². The summed E-state index contributed by atoms with van der Waals surface area (Å²) in [7, 11) is 1.91. The van der Waals surface area contributed by atoms with Crippen LogP contribution in [0.15, 0.2) is 18.5 Å². The maximum absolute atomic E-state index is 4.42. The summed E-state index contributed by atoms with van der Waals surface area (Å²) in [5, 5.41) is 4.23. The number of hydrogen-bond donors (Lipinski definition) is 0. The first-order valence-corrected chi connectivity index (χ1v) is 4.94. The van der Waals surface area contributed by atoms with E-state index in [1.54, 1.807) is 4.68 Å². The van der Waals surface area contributed by atoms with Crippen molar-refractivity contribution in [2.45, 2.75) is 13.8 Å². The average Bonchev–Trinajstić information content (AvgIpc) is 2.70.